The summed E-state index contributed by atoms with van der Waals surface area (Å²) in [5, 5.41) is 0. The topological polar surface area (TPSA) is 34.1 Å². The molecular formula is C13H16O2. The van der Waals surface area contributed by atoms with Gasteiger partial charge in [0.2, 0.25) is 11.6 Å². The standard InChI is InChI=1S/C13H16O2/c1-9-7-5-6-8-10(9)11(14)12(15)13(2,3)4/h5-8H,1-4H3. The summed E-state index contributed by atoms with van der Waals surface area (Å²) < 4.78 is 0. The molecule has 0 bridgehead atoms. The van der Waals surface area contributed by atoms with Crippen LogP contribution >= 0.6 is 0 Å². The maximum atomic E-state index is 11.9. The Labute approximate surface area is 90.3 Å². The van der Waals surface area contributed by atoms with Crippen LogP contribution in [0.4, 0.5) is 0 Å². The lowest BCUT2D eigenvalue weighted by Crippen LogP contribution is -2.29. The zero-order chi connectivity index (χ0) is 11.6. The monoisotopic (exact) mass is 204 g/mol. The molecule has 0 fully saturated rings. The lowest BCUT2D eigenvalue weighted by molar-refractivity contribution is -0.121. The molecule has 0 radical (unpaired) electrons. The molecule has 2 nitrogen and oxygen atoms in total. The number of Topliss-reactive ketones (excluding diaryl/α,β-unsaturated/α-hetero) is 2. The van der Waals surface area contributed by atoms with Crippen molar-refractivity contribution in [3.05, 3.63) is 35.4 Å². The molecule has 0 spiro atoms. The van der Waals surface area contributed by atoms with Crippen molar-refractivity contribution < 1.29 is 9.59 Å². The molecule has 0 aliphatic rings. The Morgan fingerprint density at radius 2 is 1.60 bits per heavy atom. The lowest BCUT2D eigenvalue weighted by atomic mass is 9.85. The van der Waals surface area contributed by atoms with Gasteiger partial charge in [-0.1, -0.05) is 45.0 Å². The average molecular weight is 204 g/mol. The summed E-state index contributed by atoms with van der Waals surface area (Å²) in [6, 6.07) is 7.16. The molecule has 0 atom stereocenters. The highest BCUT2D eigenvalue weighted by atomic mass is 16.2. The van der Waals surface area contributed by atoms with Gasteiger partial charge in [-0.3, -0.25) is 9.59 Å². The Hall–Kier alpha value is -1.44. The van der Waals surface area contributed by atoms with Crippen molar-refractivity contribution in [3.63, 3.8) is 0 Å². The van der Waals surface area contributed by atoms with E-state index >= 15 is 0 Å². The minimum atomic E-state index is -0.612. The van der Waals surface area contributed by atoms with E-state index in [-0.39, 0.29) is 11.6 Å². The molecule has 0 saturated heterocycles. The van der Waals surface area contributed by atoms with E-state index in [4.69, 9.17) is 0 Å². The number of benzene rings is 1. The van der Waals surface area contributed by atoms with Crippen LogP contribution in [0.1, 0.15) is 36.7 Å². The van der Waals surface area contributed by atoms with E-state index in [2.05, 4.69) is 0 Å². The first-order chi connectivity index (χ1) is 6.84. The fraction of sp³-hybridized carbons (Fsp3) is 0.385. The van der Waals surface area contributed by atoms with Gasteiger partial charge < -0.3 is 0 Å². The van der Waals surface area contributed by atoms with Crippen molar-refractivity contribution in [3.8, 4) is 0 Å². The van der Waals surface area contributed by atoms with Gasteiger partial charge in [0, 0.05) is 11.0 Å². The van der Waals surface area contributed by atoms with E-state index in [0.717, 1.165) is 5.56 Å². The number of hydrogen-bond acceptors (Lipinski definition) is 2. The summed E-state index contributed by atoms with van der Waals surface area (Å²) in [7, 11) is 0. The van der Waals surface area contributed by atoms with Crippen LogP contribution < -0.4 is 0 Å². The fourth-order valence-corrected chi connectivity index (χ4v) is 1.29. The molecule has 0 aromatic heterocycles. The quantitative estimate of drug-likeness (QED) is 0.548. The molecule has 1 aromatic carbocycles. The second kappa shape index (κ2) is 3.97. The van der Waals surface area contributed by atoms with Gasteiger partial charge >= 0.3 is 0 Å². The zero-order valence-corrected chi connectivity index (χ0v) is 9.63. The number of rotatable bonds is 2. The molecule has 0 aliphatic heterocycles. The molecular weight excluding hydrogens is 188 g/mol. The van der Waals surface area contributed by atoms with Gasteiger partial charge in [0.1, 0.15) is 0 Å². The van der Waals surface area contributed by atoms with E-state index in [1.807, 2.05) is 19.1 Å². The first-order valence-electron chi connectivity index (χ1n) is 4.99. The van der Waals surface area contributed by atoms with Crippen LogP contribution in [-0.4, -0.2) is 11.6 Å². The van der Waals surface area contributed by atoms with Crippen LogP contribution in [-0.2, 0) is 4.79 Å². The Bertz CT molecular complexity index is 397. The fourth-order valence-electron chi connectivity index (χ4n) is 1.29. The molecule has 0 N–H and O–H groups in total. The maximum absolute atomic E-state index is 11.9. The maximum Gasteiger partial charge on any atom is 0.229 e. The molecule has 0 unspecified atom stereocenters. The summed E-state index contributed by atoms with van der Waals surface area (Å²) in [6.45, 7) is 7.10. The molecule has 1 rings (SSSR count). The first-order valence-corrected chi connectivity index (χ1v) is 4.99. The van der Waals surface area contributed by atoms with Crippen LogP contribution in [0, 0.1) is 12.3 Å². The van der Waals surface area contributed by atoms with E-state index in [9.17, 15) is 9.59 Å². The second-order valence-electron chi connectivity index (χ2n) is 4.72. The number of carbonyl (C=O) groups is 2. The highest BCUT2D eigenvalue weighted by Crippen LogP contribution is 2.19. The van der Waals surface area contributed by atoms with Crippen molar-refractivity contribution in [2.75, 3.05) is 0 Å². The highest BCUT2D eigenvalue weighted by Gasteiger charge is 2.29. The van der Waals surface area contributed by atoms with Crippen LogP contribution in [0.3, 0.4) is 0 Å². The van der Waals surface area contributed by atoms with Gasteiger partial charge in [0.15, 0.2) is 0 Å². The summed E-state index contributed by atoms with van der Waals surface area (Å²) in [4.78, 5) is 23.6. The smallest absolute Gasteiger partial charge is 0.229 e. The molecule has 2 heteroatoms. The lowest BCUT2D eigenvalue weighted by Gasteiger charge is -2.15. The summed E-state index contributed by atoms with van der Waals surface area (Å²) in [6.07, 6.45) is 0. The minimum Gasteiger partial charge on any atom is -0.290 e. The Morgan fingerprint density at radius 1 is 1.07 bits per heavy atom. The third-order valence-electron chi connectivity index (χ3n) is 2.28. The van der Waals surface area contributed by atoms with Crippen molar-refractivity contribution in [2.24, 2.45) is 5.41 Å². The second-order valence-corrected chi connectivity index (χ2v) is 4.72. The third-order valence-corrected chi connectivity index (χ3v) is 2.28. The molecule has 0 aliphatic carbocycles. The number of carbonyl (C=O) groups excluding carboxylic acids is 2. The van der Waals surface area contributed by atoms with Crippen LogP contribution in [0.25, 0.3) is 0 Å². The van der Waals surface area contributed by atoms with Crippen molar-refractivity contribution in [1.82, 2.24) is 0 Å². The van der Waals surface area contributed by atoms with Crippen molar-refractivity contribution in [1.29, 1.82) is 0 Å². The Morgan fingerprint density at radius 3 is 2.07 bits per heavy atom. The predicted molar refractivity (Wildman–Crippen MR) is 60.0 cm³/mol. The average Bonchev–Trinajstić information content (AvgIpc) is 2.15. The Balaban J connectivity index is 3.07. The van der Waals surface area contributed by atoms with Gasteiger partial charge in [0.25, 0.3) is 0 Å². The number of aryl methyl sites for hydroxylation is 1. The van der Waals surface area contributed by atoms with Crippen molar-refractivity contribution >= 4 is 11.6 Å². The molecule has 80 valence electrons. The third kappa shape index (κ3) is 2.52. The van der Waals surface area contributed by atoms with Gasteiger partial charge in [-0.15, -0.1) is 0 Å². The van der Waals surface area contributed by atoms with E-state index in [1.165, 1.54) is 0 Å². The van der Waals surface area contributed by atoms with Gasteiger partial charge in [-0.2, -0.15) is 0 Å². The van der Waals surface area contributed by atoms with Gasteiger partial charge in [-0.25, -0.2) is 0 Å². The van der Waals surface area contributed by atoms with Crippen molar-refractivity contribution in [2.45, 2.75) is 27.7 Å². The van der Waals surface area contributed by atoms with E-state index in [0.29, 0.717) is 5.56 Å². The van der Waals surface area contributed by atoms with E-state index in [1.54, 1.807) is 32.9 Å². The molecule has 0 saturated carbocycles. The summed E-state index contributed by atoms with van der Waals surface area (Å²) >= 11 is 0. The molecule has 15 heavy (non-hydrogen) atoms. The van der Waals surface area contributed by atoms with E-state index < -0.39 is 5.41 Å². The minimum absolute atomic E-state index is 0.336. The van der Waals surface area contributed by atoms with Gasteiger partial charge in [-0.05, 0) is 12.5 Å². The Kier molecular flexibility index (Phi) is 3.08. The zero-order valence-electron chi connectivity index (χ0n) is 9.63. The largest absolute Gasteiger partial charge is 0.290 e. The molecule has 0 amide bonds. The summed E-state index contributed by atoms with van der Waals surface area (Å²) in [5.41, 5.74) is 0.747. The SMILES string of the molecule is Cc1ccccc1C(=O)C(=O)C(C)(C)C. The number of ketones is 2. The predicted octanol–water partition coefficient (Wildman–Crippen LogP) is 2.79. The van der Waals surface area contributed by atoms with Gasteiger partial charge in [0.05, 0.1) is 0 Å². The number of hydrogen-bond donors (Lipinski definition) is 0. The highest BCUT2D eigenvalue weighted by molar-refractivity contribution is 6.45. The molecule has 0 heterocycles. The van der Waals surface area contributed by atoms with Crippen LogP contribution in [0.5, 0.6) is 0 Å². The van der Waals surface area contributed by atoms with Crippen LogP contribution in [0.15, 0.2) is 24.3 Å². The van der Waals surface area contributed by atoms with Crippen LogP contribution in [0.2, 0.25) is 0 Å². The first kappa shape index (κ1) is 11.6. The normalized spacial score (nSPS) is 11.2. The summed E-state index contributed by atoms with van der Waals surface area (Å²) in [5.74, 6) is -0.725. The molecule has 1 aromatic rings.